The normalized spacial score (nSPS) is 12.3. The highest BCUT2D eigenvalue weighted by molar-refractivity contribution is 9.10. The van der Waals surface area contributed by atoms with Gasteiger partial charge in [-0.05, 0) is 43.3 Å². The zero-order valence-corrected chi connectivity index (χ0v) is 13.2. The van der Waals surface area contributed by atoms with Gasteiger partial charge in [-0.3, -0.25) is 4.98 Å². The largest absolute Gasteiger partial charge is 0.457 e. The van der Waals surface area contributed by atoms with E-state index in [4.69, 9.17) is 10.5 Å². The molecular formula is C17H15BrN2O. The standard InChI is InChI=1S/C17H15BrN2O/c1-11(19)15-9-13(18)5-7-17(15)21-14-6-4-12-3-2-8-20-16(12)10-14/h2-11H,19H2,1H3. The second-order valence-electron chi connectivity index (χ2n) is 4.93. The van der Waals surface area contributed by atoms with Crippen LogP contribution in [0.1, 0.15) is 18.5 Å². The minimum Gasteiger partial charge on any atom is -0.457 e. The average Bonchev–Trinajstić information content (AvgIpc) is 2.49. The molecule has 0 aliphatic heterocycles. The molecule has 0 saturated carbocycles. The number of nitrogens with two attached hydrogens (primary N) is 1. The second kappa shape index (κ2) is 5.84. The second-order valence-corrected chi connectivity index (χ2v) is 5.85. The summed E-state index contributed by atoms with van der Waals surface area (Å²) in [7, 11) is 0. The molecule has 1 aromatic heterocycles. The number of rotatable bonds is 3. The highest BCUT2D eigenvalue weighted by Crippen LogP contribution is 2.32. The molecule has 21 heavy (non-hydrogen) atoms. The topological polar surface area (TPSA) is 48.1 Å². The van der Waals surface area contributed by atoms with Gasteiger partial charge in [0.1, 0.15) is 11.5 Å². The summed E-state index contributed by atoms with van der Waals surface area (Å²) in [6.45, 7) is 1.94. The van der Waals surface area contributed by atoms with Crippen LogP contribution in [0.4, 0.5) is 0 Å². The molecule has 106 valence electrons. The summed E-state index contributed by atoms with van der Waals surface area (Å²) >= 11 is 3.46. The molecule has 1 unspecified atom stereocenters. The maximum absolute atomic E-state index is 6.01. The number of pyridine rings is 1. The zero-order valence-electron chi connectivity index (χ0n) is 11.6. The van der Waals surface area contributed by atoms with E-state index in [0.717, 1.165) is 32.4 Å². The third-order valence-corrected chi connectivity index (χ3v) is 3.76. The number of hydrogen-bond donors (Lipinski definition) is 1. The molecule has 3 nitrogen and oxygen atoms in total. The third-order valence-electron chi connectivity index (χ3n) is 3.27. The minimum absolute atomic E-state index is 0.101. The number of halogens is 1. The summed E-state index contributed by atoms with van der Waals surface area (Å²) < 4.78 is 6.98. The maximum atomic E-state index is 6.01. The molecule has 3 aromatic rings. The highest BCUT2D eigenvalue weighted by Gasteiger charge is 2.10. The highest BCUT2D eigenvalue weighted by atomic mass is 79.9. The molecular weight excluding hydrogens is 328 g/mol. The predicted molar refractivity (Wildman–Crippen MR) is 88.6 cm³/mol. The Morgan fingerprint density at radius 3 is 2.81 bits per heavy atom. The first-order chi connectivity index (χ1) is 10.1. The van der Waals surface area contributed by atoms with Crippen molar-refractivity contribution in [1.29, 1.82) is 0 Å². The van der Waals surface area contributed by atoms with E-state index >= 15 is 0 Å². The third kappa shape index (κ3) is 3.06. The molecule has 0 amide bonds. The van der Waals surface area contributed by atoms with Crippen LogP contribution in [0.2, 0.25) is 0 Å². The zero-order chi connectivity index (χ0) is 14.8. The average molecular weight is 343 g/mol. The summed E-state index contributed by atoms with van der Waals surface area (Å²) in [4.78, 5) is 4.34. The van der Waals surface area contributed by atoms with Crippen molar-refractivity contribution in [3.63, 3.8) is 0 Å². The van der Waals surface area contributed by atoms with E-state index in [9.17, 15) is 0 Å². The van der Waals surface area contributed by atoms with Gasteiger partial charge in [0, 0.05) is 33.7 Å². The Morgan fingerprint density at radius 2 is 2.00 bits per heavy atom. The van der Waals surface area contributed by atoms with Gasteiger partial charge in [0.25, 0.3) is 0 Å². The van der Waals surface area contributed by atoms with Crippen LogP contribution in [0, 0.1) is 0 Å². The van der Waals surface area contributed by atoms with Gasteiger partial charge >= 0.3 is 0 Å². The quantitative estimate of drug-likeness (QED) is 0.742. The first kappa shape index (κ1) is 14.0. The Labute approximate surface area is 131 Å². The van der Waals surface area contributed by atoms with Gasteiger partial charge in [0.15, 0.2) is 0 Å². The molecule has 0 saturated heterocycles. The van der Waals surface area contributed by atoms with Crippen molar-refractivity contribution in [2.45, 2.75) is 13.0 Å². The van der Waals surface area contributed by atoms with Gasteiger partial charge < -0.3 is 10.5 Å². The fraction of sp³-hybridized carbons (Fsp3) is 0.118. The molecule has 0 fully saturated rings. The summed E-state index contributed by atoms with van der Waals surface area (Å²) in [6, 6.07) is 15.6. The van der Waals surface area contributed by atoms with Gasteiger partial charge in [0.05, 0.1) is 5.52 Å². The van der Waals surface area contributed by atoms with Crippen molar-refractivity contribution in [3.8, 4) is 11.5 Å². The van der Waals surface area contributed by atoms with Crippen molar-refractivity contribution in [2.24, 2.45) is 5.73 Å². The van der Waals surface area contributed by atoms with Gasteiger partial charge in [0.2, 0.25) is 0 Å². The van der Waals surface area contributed by atoms with E-state index in [1.54, 1.807) is 6.20 Å². The lowest BCUT2D eigenvalue weighted by atomic mass is 10.1. The fourth-order valence-corrected chi connectivity index (χ4v) is 2.58. The number of ether oxygens (including phenoxy) is 1. The molecule has 2 aromatic carbocycles. The van der Waals surface area contributed by atoms with Gasteiger partial charge in [-0.25, -0.2) is 0 Å². The molecule has 1 heterocycles. The summed E-state index contributed by atoms with van der Waals surface area (Å²) in [5.74, 6) is 1.52. The smallest absolute Gasteiger partial charge is 0.132 e. The van der Waals surface area contributed by atoms with Gasteiger partial charge in [-0.2, -0.15) is 0 Å². The Kier molecular flexibility index (Phi) is 3.90. The maximum Gasteiger partial charge on any atom is 0.132 e. The number of aromatic nitrogens is 1. The number of fused-ring (bicyclic) bond motifs is 1. The van der Waals surface area contributed by atoms with Gasteiger partial charge in [-0.1, -0.05) is 22.0 Å². The van der Waals surface area contributed by atoms with Crippen molar-refractivity contribution in [1.82, 2.24) is 4.98 Å². The minimum atomic E-state index is -0.101. The monoisotopic (exact) mass is 342 g/mol. The molecule has 4 heteroatoms. The van der Waals surface area contributed by atoms with E-state index in [2.05, 4.69) is 20.9 Å². The summed E-state index contributed by atoms with van der Waals surface area (Å²) in [5, 5.41) is 1.09. The molecule has 1 atom stereocenters. The van der Waals surface area contributed by atoms with Crippen LogP contribution in [-0.4, -0.2) is 4.98 Å². The number of nitrogens with zero attached hydrogens (tertiary/aromatic N) is 1. The molecule has 3 rings (SSSR count). The SMILES string of the molecule is CC(N)c1cc(Br)ccc1Oc1ccc2cccnc2c1. The summed E-state index contributed by atoms with van der Waals surface area (Å²) in [5.41, 5.74) is 7.89. The van der Waals surface area contributed by atoms with E-state index in [0.29, 0.717) is 0 Å². The number of hydrogen-bond acceptors (Lipinski definition) is 3. The van der Waals surface area contributed by atoms with Crippen molar-refractivity contribution < 1.29 is 4.74 Å². The lowest BCUT2D eigenvalue weighted by molar-refractivity contribution is 0.472. The van der Waals surface area contributed by atoms with E-state index < -0.39 is 0 Å². The van der Waals surface area contributed by atoms with Crippen molar-refractivity contribution in [2.75, 3.05) is 0 Å². The summed E-state index contributed by atoms with van der Waals surface area (Å²) in [6.07, 6.45) is 1.78. The van der Waals surface area contributed by atoms with Crippen LogP contribution in [0.15, 0.2) is 59.2 Å². The molecule has 0 radical (unpaired) electrons. The molecule has 0 spiro atoms. The van der Waals surface area contributed by atoms with E-state index in [-0.39, 0.29) is 6.04 Å². The molecule has 0 aliphatic carbocycles. The first-order valence-electron chi connectivity index (χ1n) is 6.71. The Morgan fingerprint density at radius 1 is 1.14 bits per heavy atom. The fourth-order valence-electron chi connectivity index (χ4n) is 2.20. The number of benzene rings is 2. The van der Waals surface area contributed by atoms with Crippen LogP contribution in [0.3, 0.4) is 0 Å². The van der Waals surface area contributed by atoms with E-state index in [1.165, 1.54) is 0 Å². The van der Waals surface area contributed by atoms with Crippen LogP contribution in [0.25, 0.3) is 10.9 Å². The molecule has 2 N–H and O–H groups in total. The van der Waals surface area contributed by atoms with Crippen LogP contribution >= 0.6 is 15.9 Å². The Bertz CT molecular complexity index is 787. The lowest BCUT2D eigenvalue weighted by Crippen LogP contribution is -2.06. The Balaban J connectivity index is 1.98. The first-order valence-corrected chi connectivity index (χ1v) is 7.50. The van der Waals surface area contributed by atoms with Crippen molar-refractivity contribution >= 4 is 26.8 Å². The van der Waals surface area contributed by atoms with Crippen molar-refractivity contribution in [3.05, 3.63) is 64.8 Å². The van der Waals surface area contributed by atoms with Crippen LogP contribution in [0.5, 0.6) is 11.5 Å². The Hall–Kier alpha value is -1.91. The molecule has 0 aliphatic rings. The van der Waals surface area contributed by atoms with E-state index in [1.807, 2.05) is 55.5 Å². The predicted octanol–water partition coefficient (Wildman–Crippen LogP) is 4.81. The lowest BCUT2D eigenvalue weighted by Gasteiger charge is -2.14. The van der Waals surface area contributed by atoms with Crippen LogP contribution < -0.4 is 10.5 Å². The van der Waals surface area contributed by atoms with Crippen LogP contribution in [-0.2, 0) is 0 Å². The van der Waals surface area contributed by atoms with Gasteiger partial charge in [-0.15, -0.1) is 0 Å². The molecule has 0 bridgehead atoms.